The number of hydrogen-bond donors (Lipinski definition) is 1. The Labute approximate surface area is 124 Å². The Bertz CT molecular complexity index is 270. The fraction of sp³-hybridized carbons (Fsp3) is 1.00. The van der Waals surface area contributed by atoms with Crippen molar-refractivity contribution in [2.24, 2.45) is 0 Å². The Morgan fingerprint density at radius 3 is 2.10 bits per heavy atom. The SMILES string of the molecule is CC(C)N(CCNC1CCC2(CC1)OCCO2)C(C)C. The van der Waals surface area contributed by atoms with Gasteiger partial charge in [0.05, 0.1) is 13.2 Å². The zero-order valence-electron chi connectivity index (χ0n) is 13.7. The fourth-order valence-corrected chi connectivity index (χ4v) is 3.56. The van der Waals surface area contributed by atoms with Gasteiger partial charge in [0.1, 0.15) is 0 Å². The molecule has 0 unspecified atom stereocenters. The lowest BCUT2D eigenvalue weighted by Gasteiger charge is -2.36. The maximum Gasteiger partial charge on any atom is 0.168 e. The highest BCUT2D eigenvalue weighted by Crippen LogP contribution is 2.35. The fourth-order valence-electron chi connectivity index (χ4n) is 3.56. The number of nitrogens with one attached hydrogen (secondary N) is 1. The van der Waals surface area contributed by atoms with Crippen molar-refractivity contribution in [3.8, 4) is 0 Å². The van der Waals surface area contributed by atoms with Gasteiger partial charge >= 0.3 is 0 Å². The normalized spacial score (nSPS) is 23.6. The maximum absolute atomic E-state index is 5.78. The van der Waals surface area contributed by atoms with Crippen molar-refractivity contribution >= 4 is 0 Å². The molecule has 0 bridgehead atoms. The third-order valence-corrected chi connectivity index (χ3v) is 4.69. The Balaban J connectivity index is 1.66. The van der Waals surface area contributed by atoms with Gasteiger partial charge in [0, 0.05) is 44.1 Å². The van der Waals surface area contributed by atoms with Gasteiger partial charge < -0.3 is 14.8 Å². The third-order valence-electron chi connectivity index (χ3n) is 4.69. The van der Waals surface area contributed by atoms with Crippen LogP contribution in [0.2, 0.25) is 0 Å². The molecule has 4 heteroatoms. The lowest BCUT2D eigenvalue weighted by atomic mass is 9.90. The van der Waals surface area contributed by atoms with Crippen molar-refractivity contribution in [1.82, 2.24) is 10.2 Å². The summed E-state index contributed by atoms with van der Waals surface area (Å²) in [5, 5.41) is 3.72. The minimum absolute atomic E-state index is 0.222. The highest BCUT2D eigenvalue weighted by Gasteiger charge is 2.40. The second-order valence-corrected chi connectivity index (χ2v) is 6.76. The van der Waals surface area contributed by atoms with Crippen LogP contribution in [0, 0.1) is 0 Å². The molecule has 2 fully saturated rings. The number of nitrogens with zero attached hydrogens (tertiary/aromatic N) is 1. The van der Waals surface area contributed by atoms with Gasteiger partial charge in [0.2, 0.25) is 0 Å². The highest BCUT2D eigenvalue weighted by atomic mass is 16.7. The van der Waals surface area contributed by atoms with E-state index in [4.69, 9.17) is 9.47 Å². The molecule has 0 radical (unpaired) electrons. The topological polar surface area (TPSA) is 33.7 Å². The molecule has 1 spiro atoms. The molecule has 1 heterocycles. The van der Waals surface area contributed by atoms with Crippen LogP contribution in [0.3, 0.4) is 0 Å². The second kappa shape index (κ2) is 7.21. The third kappa shape index (κ3) is 4.17. The molecule has 0 aromatic rings. The molecule has 0 aromatic carbocycles. The Kier molecular flexibility index (Phi) is 5.84. The number of ether oxygens (including phenoxy) is 2. The lowest BCUT2D eigenvalue weighted by Crippen LogP contribution is -2.46. The lowest BCUT2D eigenvalue weighted by molar-refractivity contribution is -0.179. The van der Waals surface area contributed by atoms with Crippen LogP contribution < -0.4 is 5.32 Å². The molecule has 2 rings (SSSR count). The largest absolute Gasteiger partial charge is 0.348 e. The molecule has 0 atom stereocenters. The average molecular weight is 284 g/mol. The second-order valence-electron chi connectivity index (χ2n) is 6.76. The van der Waals surface area contributed by atoms with Crippen LogP contribution >= 0.6 is 0 Å². The van der Waals surface area contributed by atoms with E-state index >= 15 is 0 Å². The van der Waals surface area contributed by atoms with E-state index in [9.17, 15) is 0 Å². The first-order valence-electron chi connectivity index (χ1n) is 8.29. The van der Waals surface area contributed by atoms with Crippen molar-refractivity contribution in [2.45, 2.75) is 77.3 Å². The van der Waals surface area contributed by atoms with Crippen LogP contribution in [0.5, 0.6) is 0 Å². The van der Waals surface area contributed by atoms with Crippen LogP contribution in [0.1, 0.15) is 53.4 Å². The summed E-state index contributed by atoms with van der Waals surface area (Å²) in [6.45, 7) is 12.9. The molecule has 2 aliphatic rings. The van der Waals surface area contributed by atoms with Gasteiger partial charge in [0.15, 0.2) is 5.79 Å². The molecule has 1 saturated carbocycles. The average Bonchev–Trinajstić information content (AvgIpc) is 2.84. The molecule has 4 nitrogen and oxygen atoms in total. The molecular weight excluding hydrogens is 252 g/mol. The van der Waals surface area contributed by atoms with Crippen LogP contribution in [-0.2, 0) is 9.47 Å². The Hall–Kier alpha value is -0.160. The van der Waals surface area contributed by atoms with Gasteiger partial charge in [0.25, 0.3) is 0 Å². The Morgan fingerprint density at radius 2 is 1.60 bits per heavy atom. The molecule has 1 saturated heterocycles. The summed E-state index contributed by atoms with van der Waals surface area (Å²) < 4.78 is 11.6. The minimum atomic E-state index is -0.222. The van der Waals surface area contributed by atoms with E-state index in [1.54, 1.807) is 0 Å². The number of rotatable bonds is 6. The monoisotopic (exact) mass is 284 g/mol. The van der Waals surface area contributed by atoms with Gasteiger partial charge in [-0.05, 0) is 40.5 Å². The van der Waals surface area contributed by atoms with E-state index < -0.39 is 0 Å². The summed E-state index contributed by atoms with van der Waals surface area (Å²) in [5.74, 6) is -0.222. The van der Waals surface area contributed by atoms with Crippen LogP contribution in [0.15, 0.2) is 0 Å². The molecule has 1 N–H and O–H groups in total. The molecule has 118 valence electrons. The molecule has 0 aromatic heterocycles. The van der Waals surface area contributed by atoms with Gasteiger partial charge in [-0.1, -0.05) is 0 Å². The summed E-state index contributed by atoms with van der Waals surface area (Å²) in [7, 11) is 0. The molecule has 1 aliphatic carbocycles. The summed E-state index contributed by atoms with van der Waals surface area (Å²) in [5.41, 5.74) is 0. The smallest absolute Gasteiger partial charge is 0.168 e. The van der Waals surface area contributed by atoms with E-state index in [2.05, 4.69) is 37.9 Å². The first-order valence-corrected chi connectivity index (χ1v) is 8.29. The maximum atomic E-state index is 5.78. The highest BCUT2D eigenvalue weighted by molar-refractivity contribution is 4.85. The predicted molar refractivity (Wildman–Crippen MR) is 81.9 cm³/mol. The molecule has 20 heavy (non-hydrogen) atoms. The van der Waals surface area contributed by atoms with Crippen molar-refractivity contribution < 1.29 is 9.47 Å². The summed E-state index contributed by atoms with van der Waals surface area (Å²) in [6.07, 6.45) is 4.43. The first-order chi connectivity index (χ1) is 9.52. The quantitative estimate of drug-likeness (QED) is 0.812. The van der Waals surface area contributed by atoms with Crippen LogP contribution in [-0.4, -0.2) is 55.1 Å². The summed E-state index contributed by atoms with van der Waals surface area (Å²) in [4.78, 5) is 2.54. The first kappa shape index (κ1) is 16.2. The van der Waals surface area contributed by atoms with E-state index in [0.717, 1.165) is 39.1 Å². The van der Waals surface area contributed by atoms with Gasteiger partial charge in [-0.25, -0.2) is 0 Å². The van der Waals surface area contributed by atoms with Crippen molar-refractivity contribution in [3.05, 3.63) is 0 Å². The van der Waals surface area contributed by atoms with E-state index in [1.165, 1.54) is 12.8 Å². The molecule has 1 aliphatic heterocycles. The van der Waals surface area contributed by atoms with Crippen LogP contribution in [0.4, 0.5) is 0 Å². The van der Waals surface area contributed by atoms with Gasteiger partial charge in [-0.2, -0.15) is 0 Å². The van der Waals surface area contributed by atoms with Gasteiger partial charge in [-0.3, -0.25) is 4.90 Å². The summed E-state index contributed by atoms with van der Waals surface area (Å²) in [6, 6.07) is 1.87. The molecule has 0 amide bonds. The van der Waals surface area contributed by atoms with E-state index in [-0.39, 0.29) is 5.79 Å². The van der Waals surface area contributed by atoms with Crippen LogP contribution in [0.25, 0.3) is 0 Å². The standard InChI is InChI=1S/C16H32N2O2/c1-13(2)18(14(3)4)10-9-17-15-5-7-16(8-6-15)19-11-12-20-16/h13-15,17H,5-12H2,1-4H3. The Morgan fingerprint density at radius 1 is 1.05 bits per heavy atom. The van der Waals surface area contributed by atoms with Crippen molar-refractivity contribution in [2.75, 3.05) is 26.3 Å². The van der Waals surface area contributed by atoms with Crippen molar-refractivity contribution in [1.29, 1.82) is 0 Å². The van der Waals surface area contributed by atoms with Gasteiger partial charge in [-0.15, -0.1) is 0 Å². The predicted octanol–water partition coefficient (Wildman–Crippen LogP) is 2.38. The minimum Gasteiger partial charge on any atom is -0.348 e. The molecular formula is C16H32N2O2. The zero-order valence-corrected chi connectivity index (χ0v) is 13.7. The zero-order chi connectivity index (χ0) is 14.6. The van der Waals surface area contributed by atoms with E-state index in [1.807, 2.05) is 0 Å². The summed E-state index contributed by atoms with van der Waals surface area (Å²) >= 11 is 0. The number of hydrogen-bond acceptors (Lipinski definition) is 4. The van der Waals surface area contributed by atoms with Crippen molar-refractivity contribution in [3.63, 3.8) is 0 Å². The van der Waals surface area contributed by atoms with E-state index in [0.29, 0.717) is 18.1 Å².